The van der Waals surface area contributed by atoms with Crippen molar-refractivity contribution in [2.24, 2.45) is 0 Å². The highest BCUT2D eigenvalue weighted by molar-refractivity contribution is 7.92. The van der Waals surface area contributed by atoms with Gasteiger partial charge in [0.15, 0.2) is 9.84 Å². The van der Waals surface area contributed by atoms with E-state index >= 15 is 0 Å². The van der Waals surface area contributed by atoms with Crippen molar-refractivity contribution < 1.29 is 18.3 Å². The van der Waals surface area contributed by atoms with Gasteiger partial charge in [-0.25, -0.2) is 8.42 Å². The normalized spacial score (nSPS) is 18.4. The molecule has 0 radical (unpaired) electrons. The SMILES string of the molecule is CC(c1ccccc1Cl)N1CCN(CCS(=O)(=O)CC(=O)O)CC1. The van der Waals surface area contributed by atoms with Crippen LogP contribution < -0.4 is 0 Å². The fourth-order valence-corrected chi connectivity index (χ4v) is 4.26. The van der Waals surface area contributed by atoms with E-state index < -0.39 is 21.6 Å². The van der Waals surface area contributed by atoms with Crippen molar-refractivity contribution in [1.29, 1.82) is 0 Å². The lowest BCUT2D eigenvalue weighted by Gasteiger charge is -2.38. The van der Waals surface area contributed by atoms with E-state index in [1.165, 1.54) is 0 Å². The monoisotopic (exact) mass is 374 g/mol. The second-order valence-electron chi connectivity index (χ2n) is 6.06. The van der Waals surface area contributed by atoms with Gasteiger partial charge in [0, 0.05) is 43.8 Å². The molecular weight excluding hydrogens is 352 g/mol. The van der Waals surface area contributed by atoms with Gasteiger partial charge in [0.1, 0.15) is 5.75 Å². The number of carboxylic acids is 1. The third-order valence-corrected chi connectivity index (χ3v) is 6.21. The van der Waals surface area contributed by atoms with Crippen LogP contribution in [0, 0.1) is 0 Å². The number of carboxylic acid groups (broad SMARTS) is 1. The van der Waals surface area contributed by atoms with Crippen molar-refractivity contribution in [3.63, 3.8) is 0 Å². The first-order valence-corrected chi connectivity index (χ1v) is 10.1. The molecule has 0 amide bonds. The van der Waals surface area contributed by atoms with Gasteiger partial charge in [-0.3, -0.25) is 14.6 Å². The lowest BCUT2D eigenvalue weighted by Crippen LogP contribution is -2.48. The van der Waals surface area contributed by atoms with Gasteiger partial charge in [0.2, 0.25) is 0 Å². The first kappa shape index (κ1) is 19.2. The molecule has 1 aromatic rings. The Morgan fingerprint density at radius 2 is 1.88 bits per heavy atom. The number of benzene rings is 1. The predicted octanol–water partition coefficient (Wildman–Crippen LogP) is 1.52. The van der Waals surface area contributed by atoms with Crippen molar-refractivity contribution in [2.75, 3.05) is 44.2 Å². The van der Waals surface area contributed by atoms with Crippen molar-refractivity contribution in [3.05, 3.63) is 34.9 Å². The van der Waals surface area contributed by atoms with Gasteiger partial charge >= 0.3 is 5.97 Å². The lowest BCUT2D eigenvalue weighted by atomic mass is 10.1. The van der Waals surface area contributed by atoms with Crippen molar-refractivity contribution in [2.45, 2.75) is 13.0 Å². The highest BCUT2D eigenvalue weighted by Crippen LogP contribution is 2.27. The first-order chi connectivity index (χ1) is 11.3. The summed E-state index contributed by atoms with van der Waals surface area (Å²) in [4.78, 5) is 14.9. The molecule has 2 rings (SSSR count). The van der Waals surface area contributed by atoms with E-state index in [2.05, 4.69) is 16.7 Å². The van der Waals surface area contributed by atoms with Crippen LogP contribution in [0.1, 0.15) is 18.5 Å². The minimum Gasteiger partial charge on any atom is -0.480 e. The minimum absolute atomic E-state index is 0.112. The molecule has 0 aliphatic carbocycles. The van der Waals surface area contributed by atoms with Crippen LogP contribution in [0.5, 0.6) is 0 Å². The van der Waals surface area contributed by atoms with Crippen LogP contribution >= 0.6 is 11.6 Å². The molecule has 0 bridgehead atoms. The molecule has 1 aromatic carbocycles. The highest BCUT2D eigenvalue weighted by Gasteiger charge is 2.24. The Morgan fingerprint density at radius 3 is 2.46 bits per heavy atom. The summed E-state index contributed by atoms with van der Waals surface area (Å²) in [6.45, 7) is 5.67. The van der Waals surface area contributed by atoms with E-state index in [-0.39, 0.29) is 11.8 Å². The summed E-state index contributed by atoms with van der Waals surface area (Å²) < 4.78 is 23.3. The summed E-state index contributed by atoms with van der Waals surface area (Å²) in [5, 5.41) is 9.36. The maximum atomic E-state index is 11.6. The van der Waals surface area contributed by atoms with Crippen LogP contribution in [0.25, 0.3) is 0 Å². The second kappa shape index (κ2) is 8.29. The van der Waals surface area contributed by atoms with Crippen molar-refractivity contribution in [1.82, 2.24) is 9.80 Å². The number of hydrogen-bond acceptors (Lipinski definition) is 5. The van der Waals surface area contributed by atoms with E-state index in [1.54, 1.807) is 0 Å². The van der Waals surface area contributed by atoms with Crippen LogP contribution in [-0.2, 0) is 14.6 Å². The van der Waals surface area contributed by atoms with E-state index in [0.717, 1.165) is 36.8 Å². The molecule has 0 aromatic heterocycles. The molecule has 1 heterocycles. The van der Waals surface area contributed by atoms with Crippen molar-refractivity contribution >= 4 is 27.4 Å². The van der Waals surface area contributed by atoms with Crippen LogP contribution in [0.2, 0.25) is 5.02 Å². The summed E-state index contributed by atoms with van der Waals surface area (Å²) in [5.41, 5.74) is 1.09. The Kier molecular flexibility index (Phi) is 6.62. The largest absolute Gasteiger partial charge is 0.480 e. The summed E-state index contributed by atoms with van der Waals surface area (Å²) in [6.07, 6.45) is 0. The topological polar surface area (TPSA) is 77.9 Å². The van der Waals surface area contributed by atoms with Gasteiger partial charge in [-0.1, -0.05) is 29.8 Å². The molecule has 8 heteroatoms. The molecule has 1 unspecified atom stereocenters. The molecule has 1 atom stereocenters. The highest BCUT2D eigenvalue weighted by atomic mass is 35.5. The van der Waals surface area contributed by atoms with Gasteiger partial charge in [-0.2, -0.15) is 0 Å². The van der Waals surface area contributed by atoms with Crippen LogP contribution in [0.4, 0.5) is 0 Å². The fraction of sp³-hybridized carbons (Fsp3) is 0.562. The Balaban J connectivity index is 1.83. The van der Waals surface area contributed by atoms with Crippen LogP contribution in [-0.4, -0.2) is 73.5 Å². The zero-order chi connectivity index (χ0) is 17.7. The zero-order valence-electron chi connectivity index (χ0n) is 13.7. The number of halogens is 1. The third-order valence-electron chi connectivity index (χ3n) is 4.37. The molecular formula is C16H23ClN2O4S. The summed E-state index contributed by atoms with van der Waals surface area (Å²) >= 11 is 6.26. The predicted molar refractivity (Wildman–Crippen MR) is 94.2 cm³/mol. The van der Waals surface area contributed by atoms with Gasteiger partial charge < -0.3 is 5.11 Å². The number of hydrogen-bond donors (Lipinski definition) is 1. The number of aliphatic carboxylic acids is 1. The molecule has 1 aliphatic heterocycles. The minimum atomic E-state index is -3.53. The number of rotatable bonds is 7. The van der Waals surface area contributed by atoms with E-state index in [1.807, 2.05) is 24.3 Å². The number of piperazine rings is 1. The van der Waals surface area contributed by atoms with E-state index in [4.69, 9.17) is 16.7 Å². The maximum absolute atomic E-state index is 11.6. The maximum Gasteiger partial charge on any atom is 0.318 e. The molecule has 6 nitrogen and oxygen atoms in total. The fourth-order valence-electron chi connectivity index (χ4n) is 2.91. The molecule has 134 valence electrons. The second-order valence-corrected chi connectivity index (χ2v) is 8.65. The first-order valence-electron chi connectivity index (χ1n) is 7.91. The number of nitrogens with zero attached hydrogens (tertiary/aromatic N) is 2. The molecule has 1 aliphatic rings. The van der Waals surface area contributed by atoms with Crippen molar-refractivity contribution in [3.8, 4) is 0 Å². The standard InChI is InChI=1S/C16H23ClN2O4S/c1-13(14-4-2-3-5-15(14)17)19-8-6-18(7-9-19)10-11-24(22,23)12-16(20)21/h2-5,13H,6-12H2,1H3,(H,20,21). The Bertz CT molecular complexity index is 672. The molecule has 1 saturated heterocycles. The molecule has 24 heavy (non-hydrogen) atoms. The molecule has 0 spiro atoms. The van der Waals surface area contributed by atoms with Gasteiger partial charge in [0.05, 0.1) is 5.75 Å². The van der Waals surface area contributed by atoms with Crippen LogP contribution in [0.15, 0.2) is 24.3 Å². The quantitative estimate of drug-likeness (QED) is 0.779. The van der Waals surface area contributed by atoms with Crippen LogP contribution in [0.3, 0.4) is 0 Å². The summed E-state index contributed by atoms with van der Waals surface area (Å²) in [7, 11) is -3.53. The summed E-state index contributed by atoms with van der Waals surface area (Å²) in [5.74, 6) is -2.20. The Morgan fingerprint density at radius 1 is 1.25 bits per heavy atom. The van der Waals surface area contributed by atoms with Gasteiger partial charge in [-0.05, 0) is 18.6 Å². The van der Waals surface area contributed by atoms with E-state index in [0.29, 0.717) is 6.54 Å². The Hall–Kier alpha value is -1.15. The zero-order valence-corrected chi connectivity index (χ0v) is 15.3. The molecule has 1 fully saturated rings. The molecule has 1 N–H and O–H groups in total. The Labute approximate surface area is 147 Å². The average molecular weight is 375 g/mol. The number of carbonyl (C=O) groups is 1. The van der Waals surface area contributed by atoms with Gasteiger partial charge in [0.25, 0.3) is 0 Å². The third kappa shape index (κ3) is 5.44. The summed E-state index contributed by atoms with van der Waals surface area (Å²) in [6, 6.07) is 8.00. The lowest BCUT2D eigenvalue weighted by molar-refractivity contribution is -0.134. The number of sulfone groups is 1. The smallest absolute Gasteiger partial charge is 0.318 e. The average Bonchev–Trinajstić information content (AvgIpc) is 2.52. The van der Waals surface area contributed by atoms with E-state index in [9.17, 15) is 13.2 Å². The van der Waals surface area contributed by atoms with Gasteiger partial charge in [-0.15, -0.1) is 0 Å². The molecule has 0 saturated carbocycles.